The van der Waals surface area contributed by atoms with Crippen LogP contribution in [0, 0.1) is 5.92 Å². The fourth-order valence-electron chi connectivity index (χ4n) is 4.03. The van der Waals surface area contributed by atoms with Crippen LogP contribution in [0.15, 0.2) is 18.2 Å². The second-order valence-electron chi connectivity index (χ2n) is 7.19. The highest BCUT2D eigenvalue weighted by atomic mass is 35.5. The Morgan fingerprint density at radius 2 is 1.96 bits per heavy atom. The Bertz CT molecular complexity index is 593. The molecule has 5 heteroatoms. The Balaban J connectivity index is 1.70. The highest BCUT2D eigenvalue weighted by Gasteiger charge is 2.48. The van der Waals surface area contributed by atoms with Gasteiger partial charge < -0.3 is 10.2 Å². The maximum absolute atomic E-state index is 13.3. The topological polar surface area (TPSA) is 32.3 Å². The van der Waals surface area contributed by atoms with Gasteiger partial charge in [0.25, 0.3) is 0 Å². The maximum atomic E-state index is 13.3. The van der Waals surface area contributed by atoms with Crippen LogP contribution < -0.4 is 5.32 Å². The van der Waals surface area contributed by atoms with E-state index in [0.717, 1.165) is 63.2 Å². The van der Waals surface area contributed by atoms with Gasteiger partial charge in [0.15, 0.2) is 0 Å². The molecule has 2 aliphatic rings. The standard InChI is InChI=1S/C19H26Cl2N2O/c1-22-10-5-14-6-11-23(12-7-14)18(24)19(8-2-9-19)15-3-4-16(20)17(21)13-15/h3-4,13-14,22H,2,5-12H2,1H3. The van der Waals surface area contributed by atoms with Crippen LogP contribution >= 0.6 is 23.2 Å². The first kappa shape index (κ1) is 18.0. The molecular weight excluding hydrogens is 343 g/mol. The fraction of sp³-hybridized carbons (Fsp3) is 0.632. The van der Waals surface area contributed by atoms with Crippen LogP contribution in [0.25, 0.3) is 0 Å². The summed E-state index contributed by atoms with van der Waals surface area (Å²) in [7, 11) is 2.00. The summed E-state index contributed by atoms with van der Waals surface area (Å²) in [4.78, 5) is 15.3. The highest BCUT2D eigenvalue weighted by molar-refractivity contribution is 6.42. The molecule has 3 rings (SSSR count). The van der Waals surface area contributed by atoms with Gasteiger partial charge in [-0.05, 0) is 69.3 Å². The van der Waals surface area contributed by atoms with Crippen molar-refractivity contribution < 1.29 is 4.79 Å². The smallest absolute Gasteiger partial charge is 0.233 e. The number of halogens is 2. The van der Waals surface area contributed by atoms with Crippen LogP contribution in [-0.2, 0) is 10.2 Å². The Labute approximate surface area is 154 Å². The highest BCUT2D eigenvalue weighted by Crippen LogP contribution is 2.46. The van der Waals surface area contributed by atoms with Crippen molar-refractivity contribution in [2.75, 3.05) is 26.7 Å². The molecule has 132 valence electrons. The lowest BCUT2D eigenvalue weighted by Crippen LogP contribution is -2.53. The molecule has 0 unspecified atom stereocenters. The van der Waals surface area contributed by atoms with Crippen molar-refractivity contribution in [1.29, 1.82) is 0 Å². The third kappa shape index (κ3) is 3.44. The number of carbonyl (C=O) groups is 1. The summed E-state index contributed by atoms with van der Waals surface area (Å²) < 4.78 is 0. The van der Waals surface area contributed by atoms with E-state index in [-0.39, 0.29) is 5.41 Å². The average Bonchev–Trinajstić information content (AvgIpc) is 2.55. The number of piperidine rings is 1. The summed E-state index contributed by atoms with van der Waals surface area (Å²) in [6.45, 7) is 2.83. The van der Waals surface area contributed by atoms with Crippen LogP contribution in [0.5, 0.6) is 0 Å². The van der Waals surface area contributed by atoms with E-state index in [9.17, 15) is 4.79 Å². The largest absolute Gasteiger partial charge is 0.342 e. The van der Waals surface area contributed by atoms with E-state index < -0.39 is 0 Å². The van der Waals surface area contributed by atoms with E-state index in [1.165, 1.54) is 6.42 Å². The molecule has 0 spiro atoms. The minimum Gasteiger partial charge on any atom is -0.342 e. The molecule has 1 aromatic carbocycles. The van der Waals surface area contributed by atoms with Crippen LogP contribution in [-0.4, -0.2) is 37.5 Å². The van der Waals surface area contributed by atoms with Crippen molar-refractivity contribution in [2.45, 2.75) is 43.9 Å². The molecular formula is C19H26Cl2N2O. The van der Waals surface area contributed by atoms with Gasteiger partial charge in [-0.3, -0.25) is 4.79 Å². The van der Waals surface area contributed by atoms with E-state index in [2.05, 4.69) is 10.2 Å². The zero-order valence-electron chi connectivity index (χ0n) is 14.3. The van der Waals surface area contributed by atoms with E-state index in [4.69, 9.17) is 23.2 Å². The summed E-state index contributed by atoms with van der Waals surface area (Å²) in [5.41, 5.74) is 0.664. The minimum atomic E-state index is -0.369. The lowest BCUT2D eigenvalue weighted by molar-refractivity contribution is -0.142. The number of nitrogens with zero attached hydrogens (tertiary/aromatic N) is 1. The van der Waals surface area contributed by atoms with Crippen molar-refractivity contribution in [2.24, 2.45) is 5.92 Å². The molecule has 0 atom stereocenters. The molecule has 1 N–H and O–H groups in total. The summed E-state index contributed by atoms with van der Waals surface area (Å²) >= 11 is 12.2. The van der Waals surface area contributed by atoms with Crippen molar-refractivity contribution in [3.8, 4) is 0 Å². The molecule has 0 bridgehead atoms. The molecule has 1 aliphatic carbocycles. The summed E-state index contributed by atoms with van der Waals surface area (Å²) in [5, 5.41) is 4.31. The second-order valence-corrected chi connectivity index (χ2v) is 8.01. The van der Waals surface area contributed by atoms with Gasteiger partial charge in [-0.15, -0.1) is 0 Å². The molecule has 3 nitrogen and oxygen atoms in total. The van der Waals surface area contributed by atoms with Crippen LogP contribution in [0.3, 0.4) is 0 Å². The Kier molecular flexibility index (Phi) is 5.74. The van der Waals surface area contributed by atoms with E-state index in [0.29, 0.717) is 16.0 Å². The Morgan fingerprint density at radius 3 is 2.50 bits per heavy atom. The number of rotatable bonds is 5. The van der Waals surface area contributed by atoms with Gasteiger partial charge in [-0.2, -0.15) is 0 Å². The van der Waals surface area contributed by atoms with E-state index >= 15 is 0 Å². The zero-order chi connectivity index (χ0) is 17.2. The van der Waals surface area contributed by atoms with Gasteiger partial charge >= 0.3 is 0 Å². The molecule has 1 heterocycles. The van der Waals surface area contributed by atoms with E-state index in [1.807, 2.05) is 25.2 Å². The summed E-state index contributed by atoms with van der Waals surface area (Å²) in [6, 6.07) is 5.68. The van der Waals surface area contributed by atoms with Gasteiger partial charge in [0.05, 0.1) is 15.5 Å². The fourth-order valence-corrected chi connectivity index (χ4v) is 4.32. The first-order valence-corrected chi connectivity index (χ1v) is 9.72. The first-order chi connectivity index (χ1) is 11.6. The van der Waals surface area contributed by atoms with Gasteiger partial charge in [0.1, 0.15) is 0 Å². The number of nitrogens with one attached hydrogen (secondary N) is 1. The predicted octanol–water partition coefficient (Wildman–Crippen LogP) is 4.26. The number of benzene rings is 1. The van der Waals surface area contributed by atoms with Crippen molar-refractivity contribution in [3.63, 3.8) is 0 Å². The lowest BCUT2D eigenvalue weighted by atomic mass is 9.63. The molecule has 1 saturated heterocycles. The SMILES string of the molecule is CNCCC1CCN(C(=O)C2(c3ccc(Cl)c(Cl)c3)CCC2)CC1. The van der Waals surface area contributed by atoms with Crippen molar-refractivity contribution >= 4 is 29.1 Å². The lowest BCUT2D eigenvalue weighted by Gasteiger charge is -2.45. The maximum Gasteiger partial charge on any atom is 0.233 e. The normalized spacial score (nSPS) is 20.7. The van der Waals surface area contributed by atoms with Gasteiger partial charge in [-0.25, -0.2) is 0 Å². The van der Waals surface area contributed by atoms with Crippen LogP contribution in [0.1, 0.15) is 44.1 Å². The molecule has 24 heavy (non-hydrogen) atoms. The quantitative estimate of drug-likeness (QED) is 0.841. The van der Waals surface area contributed by atoms with Gasteiger partial charge in [0, 0.05) is 13.1 Å². The van der Waals surface area contributed by atoms with Crippen LogP contribution in [0.2, 0.25) is 10.0 Å². The number of carbonyl (C=O) groups excluding carboxylic acids is 1. The average molecular weight is 369 g/mol. The molecule has 1 amide bonds. The molecule has 1 saturated carbocycles. The molecule has 0 aromatic heterocycles. The van der Waals surface area contributed by atoms with Crippen molar-refractivity contribution in [3.05, 3.63) is 33.8 Å². The van der Waals surface area contributed by atoms with E-state index in [1.54, 1.807) is 0 Å². The second kappa shape index (κ2) is 7.63. The molecule has 1 aliphatic heterocycles. The molecule has 2 fully saturated rings. The molecule has 0 radical (unpaired) electrons. The number of hydrogen-bond acceptors (Lipinski definition) is 2. The monoisotopic (exact) mass is 368 g/mol. The predicted molar refractivity (Wildman–Crippen MR) is 99.8 cm³/mol. The van der Waals surface area contributed by atoms with Crippen molar-refractivity contribution in [1.82, 2.24) is 10.2 Å². The summed E-state index contributed by atoms with van der Waals surface area (Å²) in [6.07, 6.45) is 6.38. The third-order valence-corrected chi connectivity index (χ3v) is 6.53. The Hall–Kier alpha value is -0.770. The number of likely N-dealkylation sites (tertiary alicyclic amines) is 1. The molecule has 1 aromatic rings. The summed E-state index contributed by atoms with van der Waals surface area (Å²) in [5.74, 6) is 1.03. The Morgan fingerprint density at radius 1 is 1.25 bits per heavy atom. The first-order valence-electron chi connectivity index (χ1n) is 8.96. The number of hydrogen-bond donors (Lipinski definition) is 1. The zero-order valence-corrected chi connectivity index (χ0v) is 15.8. The minimum absolute atomic E-state index is 0.291. The number of amides is 1. The third-order valence-electron chi connectivity index (χ3n) is 5.79. The van der Waals surface area contributed by atoms with Gasteiger partial charge in [-0.1, -0.05) is 35.7 Å². The van der Waals surface area contributed by atoms with Crippen LogP contribution in [0.4, 0.5) is 0 Å². The van der Waals surface area contributed by atoms with Gasteiger partial charge in [0.2, 0.25) is 5.91 Å².